The van der Waals surface area contributed by atoms with Gasteiger partial charge < -0.3 is 0 Å². The van der Waals surface area contributed by atoms with E-state index in [-0.39, 0.29) is 0 Å². The highest BCUT2D eigenvalue weighted by atomic mass is 31.0. The molecule has 0 aliphatic heterocycles. The Labute approximate surface area is 110 Å². The first-order valence-electron chi connectivity index (χ1n) is 5.83. The molecule has 0 aromatic carbocycles. The van der Waals surface area contributed by atoms with Gasteiger partial charge in [-0.15, -0.1) is 18.5 Å². The van der Waals surface area contributed by atoms with Crippen LogP contribution in [0.3, 0.4) is 0 Å². The molecule has 17 heavy (non-hydrogen) atoms. The fraction of sp³-hybridized carbons (Fsp3) is 0.333. The van der Waals surface area contributed by atoms with Crippen LogP contribution in [0, 0.1) is 5.92 Å². The van der Waals surface area contributed by atoms with Gasteiger partial charge in [0.2, 0.25) is 0 Å². The normalized spacial score (nSPS) is 22.6. The molecule has 3 unspecified atom stereocenters. The second-order valence-corrected chi connectivity index (χ2v) is 6.20. The average molecular weight is 264 g/mol. The molecule has 2 heteroatoms. The van der Waals surface area contributed by atoms with Crippen molar-refractivity contribution < 1.29 is 0 Å². The highest BCUT2D eigenvalue weighted by Crippen LogP contribution is 2.39. The van der Waals surface area contributed by atoms with Crippen LogP contribution in [0.25, 0.3) is 0 Å². The van der Waals surface area contributed by atoms with Gasteiger partial charge in [-0.05, 0) is 48.4 Å². The van der Waals surface area contributed by atoms with Crippen LogP contribution in [-0.4, -0.2) is 0 Å². The first-order chi connectivity index (χ1) is 7.88. The van der Waals surface area contributed by atoms with Crippen molar-refractivity contribution in [3.05, 3.63) is 57.7 Å². The van der Waals surface area contributed by atoms with Gasteiger partial charge in [-0.2, -0.15) is 0 Å². The van der Waals surface area contributed by atoms with Gasteiger partial charge >= 0.3 is 0 Å². The lowest BCUT2D eigenvalue weighted by molar-refractivity contribution is 0.861. The predicted molar refractivity (Wildman–Crippen MR) is 86.0 cm³/mol. The summed E-state index contributed by atoms with van der Waals surface area (Å²) < 4.78 is 0. The van der Waals surface area contributed by atoms with Crippen LogP contribution in [0.4, 0.5) is 0 Å². The van der Waals surface area contributed by atoms with Gasteiger partial charge in [0, 0.05) is 5.92 Å². The van der Waals surface area contributed by atoms with E-state index < -0.39 is 0 Å². The largest absolute Gasteiger partial charge is 0.110 e. The van der Waals surface area contributed by atoms with E-state index in [1.54, 1.807) is 0 Å². The Kier molecular flexibility index (Phi) is 5.11. The minimum atomic E-state index is 0.473. The molecule has 0 amide bonds. The lowest BCUT2D eigenvalue weighted by Gasteiger charge is -2.10. The first kappa shape index (κ1) is 14.6. The van der Waals surface area contributed by atoms with Gasteiger partial charge in [-0.1, -0.05) is 37.0 Å². The minimum Gasteiger partial charge on any atom is -0.110 e. The number of hydrogen-bond donors (Lipinski definition) is 0. The maximum Gasteiger partial charge on any atom is 0.00667 e. The predicted octanol–water partition coefficient (Wildman–Crippen LogP) is 4.99. The van der Waals surface area contributed by atoms with Crippen molar-refractivity contribution in [1.82, 2.24) is 0 Å². The molecule has 0 nitrogen and oxygen atoms in total. The van der Waals surface area contributed by atoms with Crippen LogP contribution in [0.1, 0.15) is 27.7 Å². The van der Waals surface area contributed by atoms with Crippen molar-refractivity contribution in [2.45, 2.75) is 27.7 Å². The van der Waals surface area contributed by atoms with Crippen LogP contribution >= 0.6 is 18.5 Å². The second kappa shape index (κ2) is 5.94. The molecule has 0 aromatic heterocycles. The first-order valence-corrected chi connectivity index (χ1v) is 6.99. The van der Waals surface area contributed by atoms with Crippen LogP contribution in [0.2, 0.25) is 0 Å². The molecule has 0 saturated carbocycles. The Morgan fingerprint density at radius 2 is 1.59 bits per heavy atom. The van der Waals surface area contributed by atoms with Crippen LogP contribution in [0.15, 0.2) is 57.7 Å². The summed E-state index contributed by atoms with van der Waals surface area (Å²) in [6.07, 6.45) is 6.37. The van der Waals surface area contributed by atoms with E-state index in [2.05, 4.69) is 64.9 Å². The molecule has 0 heterocycles. The van der Waals surface area contributed by atoms with Crippen molar-refractivity contribution in [3.8, 4) is 0 Å². The molecular weight excluding hydrogens is 242 g/mol. The molecule has 0 spiro atoms. The topological polar surface area (TPSA) is 0 Å². The van der Waals surface area contributed by atoms with E-state index in [0.717, 1.165) is 5.31 Å². The Balaban J connectivity index is 3.19. The van der Waals surface area contributed by atoms with Gasteiger partial charge in [0.1, 0.15) is 0 Å². The van der Waals surface area contributed by atoms with Crippen molar-refractivity contribution in [2.24, 2.45) is 5.92 Å². The standard InChI is InChI=1S/C15H22P2/c1-6-13(17)8-15-11(4)10(3)14(12(15)5)7-9(2)16/h6-8,12H,1,16-17H2,2-5H3/b9-7+,13-8+. The third-order valence-corrected chi connectivity index (χ3v) is 3.87. The minimum absolute atomic E-state index is 0.473. The third-order valence-electron chi connectivity index (χ3n) is 3.30. The summed E-state index contributed by atoms with van der Waals surface area (Å²) in [5.74, 6) is 0.473. The molecule has 1 aliphatic carbocycles. The van der Waals surface area contributed by atoms with Crippen LogP contribution in [-0.2, 0) is 0 Å². The number of rotatable bonds is 3. The van der Waals surface area contributed by atoms with Gasteiger partial charge in [0.15, 0.2) is 0 Å². The zero-order valence-electron chi connectivity index (χ0n) is 11.2. The lowest BCUT2D eigenvalue weighted by Crippen LogP contribution is -1.96. The van der Waals surface area contributed by atoms with Crippen LogP contribution in [0.5, 0.6) is 0 Å². The van der Waals surface area contributed by atoms with Crippen molar-refractivity contribution in [3.63, 3.8) is 0 Å². The average Bonchev–Trinajstić information content (AvgIpc) is 2.45. The molecule has 0 N–H and O–H groups in total. The third kappa shape index (κ3) is 3.27. The zero-order chi connectivity index (χ0) is 13.2. The van der Waals surface area contributed by atoms with E-state index in [1.165, 1.54) is 27.6 Å². The van der Waals surface area contributed by atoms with E-state index in [9.17, 15) is 0 Å². The summed E-state index contributed by atoms with van der Waals surface area (Å²) in [4.78, 5) is 0. The fourth-order valence-electron chi connectivity index (χ4n) is 2.20. The maximum atomic E-state index is 3.80. The summed E-state index contributed by atoms with van der Waals surface area (Å²) in [6, 6.07) is 0. The molecule has 1 rings (SSSR count). The van der Waals surface area contributed by atoms with Crippen LogP contribution < -0.4 is 0 Å². The Hall–Kier alpha value is -0.440. The molecule has 0 saturated heterocycles. The molecule has 0 radical (unpaired) electrons. The molecule has 3 atom stereocenters. The molecule has 0 aromatic rings. The van der Waals surface area contributed by atoms with E-state index in [4.69, 9.17) is 0 Å². The van der Waals surface area contributed by atoms with Gasteiger partial charge in [-0.25, -0.2) is 0 Å². The lowest BCUT2D eigenvalue weighted by atomic mass is 9.96. The number of allylic oxidation sites excluding steroid dienone is 9. The van der Waals surface area contributed by atoms with Gasteiger partial charge in [0.25, 0.3) is 0 Å². The fourth-order valence-corrected chi connectivity index (χ4v) is 2.56. The monoisotopic (exact) mass is 264 g/mol. The SMILES string of the molecule is C=C/C(P)=C\C1=C(C)C(C)=C(/C=C(\C)P)C1C. The van der Waals surface area contributed by atoms with Crippen molar-refractivity contribution >= 4 is 18.5 Å². The summed E-state index contributed by atoms with van der Waals surface area (Å²) >= 11 is 0. The summed E-state index contributed by atoms with van der Waals surface area (Å²) in [5.41, 5.74) is 5.65. The Morgan fingerprint density at radius 3 is 2.00 bits per heavy atom. The smallest absolute Gasteiger partial charge is 0.00667 e. The summed E-state index contributed by atoms with van der Waals surface area (Å²) in [7, 11) is 5.48. The maximum absolute atomic E-state index is 3.80. The zero-order valence-corrected chi connectivity index (χ0v) is 13.5. The summed E-state index contributed by atoms with van der Waals surface area (Å²) in [5, 5.41) is 2.42. The highest BCUT2D eigenvalue weighted by molar-refractivity contribution is 7.23. The molecular formula is C15H22P2. The Morgan fingerprint density at radius 1 is 1.12 bits per heavy atom. The molecule has 0 bridgehead atoms. The van der Waals surface area contributed by atoms with E-state index in [0.29, 0.717) is 5.92 Å². The molecule has 92 valence electrons. The number of hydrogen-bond acceptors (Lipinski definition) is 0. The van der Waals surface area contributed by atoms with E-state index >= 15 is 0 Å². The quantitative estimate of drug-likeness (QED) is 0.497. The van der Waals surface area contributed by atoms with E-state index in [1.807, 2.05) is 6.08 Å². The second-order valence-electron chi connectivity index (χ2n) is 4.62. The molecule has 0 fully saturated rings. The van der Waals surface area contributed by atoms with Gasteiger partial charge in [0.05, 0.1) is 0 Å². The Bertz CT molecular complexity index is 455. The summed E-state index contributed by atoms with van der Waals surface area (Å²) in [6.45, 7) is 12.6. The highest BCUT2D eigenvalue weighted by Gasteiger charge is 2.23. The van der Waals surface area contributed by atoms with Crippen molar-refractivity contribution in [1.29, 1.82) is 0 Å². The molecule has 1 aliphatic rings. The van der Waals surface area contributed by atoms with Crippen molar-refractivity contribution in [2.75, 3.05) is 0 Å². The van der Waals surface area contributed by atoms with Gasteiger partial charge in [-0.3, -0.25) is 0 Å².